The second-order valence-electron chi connectivity index (χ2n) is 3.04. The minimum Gasteiger partial charge on any atom is -0.0610 e. The van der Waals surface area contributed by atoms with E-state index in [0.29, 0.717) is 0 Å². The van der Waals surface area contributed by atoms with Crippen molar-refractivity contribution in [3.63, 3.8) is 0 Å². The van der Waals surface area contributed by atoms with Crippen molar-refractivity contribution in [1.82, 2.24) is 0 Å². The summed E-state index contributed by atoms with van der Waals surface area (Å²) >= 11 is 0. The molecule has 2 aromatic carbocycles. The van der Waals surface area contributed by atoms with Gasteiger partial charge in [0.15, 0.2) is 0 Å². The third-order valence-electron chi connectivity index (χ3n) is 2.33. The van der Waals surface area contributed by atoms with Gasteiger partial charge in [-0.1, -0.05) is 42.5 Å². The van der Waals surface area contributed by atoms with Gasteiger partial charge in [-0.3, -0.25) is 0 Å². The average Bonchev–Trinajstić information content (AvgIpc) is 2.52. The van der Waals surface area contributed by atoms with Gasteiger partial charge >= 0.3 is 0 Å². The molecule has 0 fully saturated rings. The summed E-state index contributed by atoms with van der Waals surface area (Å²) in [5.41, 5.74) is 2.54. The fourth-order valence-electron chi connectivity index (χ4n) is 1.78. The van der Waals surface area contributed by atoms with Gasteiger partial charge in [-0.05, 0) is 28.0 Å². The highest BCUT2D eigenvalue weighted by molar-refractivity contribution is 6.04. The standard InChI is InChI=1S/C12H7/c1-3-9-4-2-6-11-8-7-10(5-1)12(9)11/h1-5,7-8H. The maximum atomic E-state index is 3.23. The van der Waals surface area contributed by atoms with Crippen LogP contribution in [0.25, 0.3) is 22.9 Å². The largest absolute Gasteiger partial charge is 0.0610 e. The molecule has 0 saturated carbocycles. The fraction of sp³-hybridized carbons (Fsp3) is 0. The molecule has 0 aliphatic heterocycles. The SMILES string of the molecule is [c]1ccc2cccc3c2c1C=C3. The molecular weight excluding hydrogens is 144 g/mol. The quantitative estimate of drug-likeness (QED) is 0.463. The summed E-state index contributed by atoms with van der Waals surface area (Å²) in [5.74, 6) is 0. The van der Waals surface area contributed by atoms with Crippen LogP contribution in [0.4, 0.5) is 0 Å². The van der Waals surface area contributed by atoms with Crippen molar-refractivity contribution in [3.05, 3.63) is 47.5 Å². The minimum atomic E-state index is 1.23. The van der Waals surface area contributed by atoms with Gasteiger partial charge in [-0.25, -0.2) is 0 Å². The van der Waals surface area contributed by atoms with Crippen molar-refractivity contribution < 1.29 is 0 Å². The molecule has 0 bridgehead atoms. The van der Waals surface area contributed by atoms with E-state index in [-0.39, 0.29) is 0 Å². The summed E-state index contributed by atoms with van der Waals surface area (Å²) in [7, 11) is 0. The molecule has 1 radical (unpaired) electrons. The van der Waals surface area contributed by atoms with Crippen molar-refractivity contribution in [3.8, 4) is 0 Å². The van der Waals surface area contributed by atoms with Crippen LogP contribution in [0.15, 0.2) is 30.3 Å². The van der Waals surface area contributed by atoms with E-state index in [2.05, 4.69) is 42.5 Å². The molecule has 0 spiro atoms. The van der Waals surface area contributed by atoms with E-state index in [1.54, 1.807) is 0 Å². The summed E-state index contributed by atoms with van der Waals surface area (Å²) in [5, 5.41) is 2.66. The number of rotatable bonds is 0. The smallest absolute Gasteiger partial charge is 0.00326 e. The lowest BCUT2D eigenvalue weighted by molar-refractivity contribution is 1.71. The Hall–Kier alpha value is -1.56. The van der Waals surface area contributed by atoms with Gasteiger partial charge in [0.2, 0.25) is 0 Å². The molecular formula is C12H7. The van der Waals surface area contributed by atoms with Gasteiger partial charge < -0.3 is 0 Å². The maximum absolute atomic E-state index is 3.23. The van der Waals surface area contributed by atoms with Gasteiger partial charge in [0, 0.05) is 0 Å². The molecule has 0 N–H and O–H groups in total. The van der Waals surface area contributed by atoms with Crippen molar-refractivity contribution in [2.24, 2.45) is 0 Å². The van der Waals surface area contributed by atoms with Crippen molar-refractivity contribution in [1.29, 1.82) is 0 Å². The van der Waals surface area contributed by atoms with Gasteiger partial charge in [0.1, 0.15) is 0 Å². The number of hydrogen-bond acceptors (Lipinski definition) is 0. The summed E-state index contributed by atoms with van der Waals surface area (Å²) in [6.07, 6.45) is 4.27. The molecule has 0 heteroatoms. The zero-order valence-corrected chi connectivity index (χ0v) is 6.54. The van der Waals surface area contributed by atoms with Crippen molar-refractivity contribution in [2.75, 3.05) is 0 Å². The Bertz CT molecular complexity index is 438. The van der Waals surface area contributed by atoms with Crippen LogP contribution in [-0.4, -0.2) is 0 Å². The van der Waals surface area contributed by atoms with Gasteiger partial charge in [-0.2, -0.15) is 0 Å². The summed E-state index contributed by atoms with van der Waals surface area (Å²) in [6, 6.07) is 13.7. The van der Waals surface area contributed by atoms with Crippen LogP contribution < -0.4 is 0 Å². The van der Waals surface area contributed by atoms with Crippen LogP contribution in [0.5, 0.6) is 0 Å². The Labute approximate surface area is 71.1 Å². The van der Waals surface area contributed by atoms with E-state index in [0.717, 1.165) is 0 Å². The van der Waals surface area contributed by atoms with E-state index < -0.39 is 0 Å². The highest BCUT2D eigenvalue weighted by Crippen LogP contribution is 2.29. The van der Waals surface area contributed by atoms with Crippen LogP contribution in [-0.2, 0) is 0 Å². The molecule has 0 nitrogen and oxygen atoms in total. The predicted molar refractivity (Wildman–Crippen MR) is 51.7 cm³/mol. The lowest BCUT2D eigenvalue weighted by Crippen LogP contribution is -1.76. The van der Waals surface area contributed by atoms with E-state index in [9.17, 15) is 0 Å². The molecule has 1 aliphatic rings. The van der Waals surface area contributed by atoms with Crippen molar-refractivity contribution in [2.45, 2.75) is 0 Å². The topological polar surface area (TPSA) is 0 Å². The Morgan fingerprint density at radius 2 is 2.00 bits per heavy atom. The molecule has 0 atom stereocenters. The first-order valence-corrected chi connectivity index (χ1v) is 4.07. The van der Waals surface area contributed by atoms with Crippen molar-refractivity contribution >= 4 is 22.9 Å². The molecule has 1 aliphatic carbocycles. The van der Waals surface area contributed by atoms with Crippen LogP contribution >= 0.6 is 0 Å². The lowest BCUT2D eigenvalue weighted by Gasteiger charge is -1.99. The second kappa shape index (κ2) is 1.98. The molecule has 12 heavy (non-hydrogen) atoms. The van der Waals surface area contributed by atoms with E-state index in [1.807, 2.05) is 6.07 Å². The van der Waals surface area contributed by atoms with E-state index in [1.165, 1.54) is 21.9 Å². The second-order valence-corrected chi connectivity index (χ2v) is 3.04. The zero-order valence-electron chi connectivity index (χ0n) is 6.54. The van der Waals surface area contributed by atoms with Crippen LogP contribution in [0, 0.1) is 6.07 Å². The highest BCUT2D eigenvalue weighted by atomic mass is 14.1. The van der Waals surface area contributed by atoms with Crippen LogP contribution in [0.3, 0.4) is 0 Å². The molecule has 0 aromatic heterocycles. The molecule has 0 saturated heterocycles. The molecule has 0 heterocycles. The molecule has 3 rings (SSSR count). The molecule has 55 valence electrons. The predicted octanol–water partition coefficient (Wildman–Crippen LogP) is 3.12. The number of hydrogen-bond donors (Lipinski definition) is 0. The normalized spacial score (nSPS) is 12.7. The van der Waals surface area contributed by atoms with Gasteiger partial charge in [-0.15, -0.1) is 0 Å². The number of benzene rings is 2. The van der Waals surface area contributed by atoms with Gasteiger partial charge in [0.05, 0.1) is 0 Å². The zero-order chi connectivity index (χ0) is 7.97. The van der Waals surface area contributed by atoms with Crippen LogP contribution in [0.1, 0.15) is 11.1 Å². The molecule has 0 amide bonds. The lowest BCUT2D eigenvalue weighted by atomic mass is 10.0. The minimum absolute atomic E-state index is 1.23. The fourth-order valence-corrected chi connectivity index (χ4v) is 1.78. The van der Waals surface area contributed by atoms with Gasteiger partial charge in [0.25, 0.3) is 0 Å². The highest BCUT2D eigenvalue weighted by Gasteiger charge is 2.06. The Balaban J connectivity index is 2.64. The monoisotopic (exact) mass is 151 g/mol. The van der Waals surface area contributed by atoms with Crippen LogP contribution in [0.2, 0.25) is 0 Å². The Morgan fingerprint density at radius 1 is 1.00 bits per heavy atom. The summed E-state index contributed by atoms with van der Waals surface area (Å²) in [4.78, 5) is 0. The molecule has 0 unspecified atom stereocenters. The van der Waals surface area contributed by atoms with E-state index >= 15 is 0 Å². The third kappa shape index (κ3) is 0.620. The molecule has 2 aromatic rings. The first kappa shape index (κ1) is 6.01. The van der Waals surface area contributed by atoms with E-state index in [4.69, 9.17) is 0 Å². The first-order valence-electron chi connectivity index (χ1n) is 4.07. The maximum Gasteiger partial charge on any atom is -0.00326 e. The Kier molecular flexibility index (Phi) is 0.991. The average molecular weight is 151 g/mol. The first-order chi connectivity index (χ1) is 5.95. The Morgan fingerprint density at radius 3 is 3.00 bits per heavy atom. The summed E-state index contributed by atoms with van der Waals surface area (Å²) in [6.45, 7) is 0. The summed E-state index contributed by atoms with van der Waals surface area (Å²) < 4.78 is 0. The third-order valence-corrected chi connectivity index (χ3v) is 2.33.